The number of rotatable bonds is 3. The Hall–Kier alpha value is -1.29. The summed E-state index contributed by atoms with van der Waals surface area (Å²) in [5.74, 6) is 1.07. The molecule has 0 aliphatic rings. The van der Waals surface area contributed by atoms with Crippen LogP contribution in [0.1, 0.15) is 11.1 Å². The standard InChI is InChI=1S/C14H11Cl2NOS/c1-8-2-4-10(15)13(6-8)18-12-5-3-9(14(17)19)7-11(12)16/h2-7H,1H3,(H2,17,19). The van der Waals surface area contributed by atoms with Crippen molar-refractivity contribution in [3.05, 3.63) is 57.6 Å². The normalized spacial score (nSPS) is 10.3. The number of thiocarbonyl (C=S) groups is 1. The molecule has 2 nitrogen and oxygen atoms in total. The van der Waals surface area contributed by atoms with Crippen LogP contribution in [0.3, 0.4) is 0 Å². The first-order valence-corrected chi connectivity index (χ1v) is 6.67. The smallest absolute Gasteiger partial charge is 0.146 e. The average Bonchev–Trinajstić information content (AvgIpc) is 2.36. The Morgan fingerprint density at radius 2 is 1.79 bits per heavy atom. The fourth-order valence-electron chi connectivity index (χ4n) is 1.54. The van der Waals surface area contributed by atoms with Gasteiger partial charge >= 0.3 is 0 Å². The molecule has 0 bridgehead atoms. The molecule has 0 unspecified atom stereocenters. The van der Waals surface area contributed by atoms with Crippen molar-refractivity contribution in [1.29, 1.82) is 0 Å². The highest BCUT2D eigenvalue weighted by Gasteiger charge is 2.08. The second-order valence-corrected chi connectivity index (χ2v) is 5.30. The van der Waals surface area contributed by atoms with Gasteiger partial charge in [-0.3, -0.25) is 0 Å². The zero-order chi connectivity index (χ0) is 14.0. The molecule has 0 saturated carbocycles. The summed E-state index contributed by atoms with van der Waals surface area (Å²) in [4.78, 5) is 0.294. The van der Waals surface area contributed by atoms with E-state index in [9.17, 15) is 0 Å². The van der Waals surface area contributed by atoms with Gasteiger partial charge in [-0.05, 0) is 42.8 Å². The van der Waals surface area contributed by atoms with Crippen molar-refractivity contribution in [3.8, 4) is 11.5 Å². The molecule has 2 aromatic carbocycles. The number of ether oxygens (including phenoxy) is 1. The quantitative estimate of drug-likeness (QED) is 0.832. The fourth-order valence-corrected chi connectivity index (χ4v) is 2.05. The van der Waals surface area contributed by atoms with Crippen LogP contribution in [0, 0.1) is 6.92 Å². The Balaban J connectivity index is 2.33. The third-order valence-corrected chi connectivity index (χ3v) is 3.37. The molecule has 98 valence electrons. The Bertz CT molecular complexity index is 643. The van der Waals surface area contributed by atoms with E-state index in [1.165, 1.54) is 0 Å². The molecule has 0 aliphatic heterocycles. The minimum Gasteiger partial charge on any atom is -0.454 e. The predicted molar refractivity (Wildman–Crippen MR) is 83.6 cm³/mol. The molecule has 0 atom stereocenters. The maximum Gasteiger partial charge on any atom is 0.146 e. The van der Waals surface area contributed by atoms with Gasteiger partial charge in [0.1, 0.15) is 16.5 Å². The van der Waals surface area contributed by atoms with E-state index < -0.39 is 0 Å². The maximum atomic E-state index is 6.13. The van der Waals surface area contributed by atoms with Crippen LogP contribution in [-0.4, -0.2) is 4.99 Å². The van der Waals surface area contributed by atoms with Crippen molar-refractivity contribution >= 4 is 40.4 Å². The molecule has 0 aromatic heterocycles. The number of hydrogen-bond donors (Lipinski definition) is 1. The first-order valence-electron chi connectivity index (χ1n) is 5.51. The van der Waals surface area contributed by atoms with Crippen molar-refractivity contribution in [2.24, 2.45) is 5.73 Å². The summed E-state index contributed by atoms with van der Waals surface area (Å²) in [6.07, 6.45) is 0. The van der Waals surface area contributed by atoms with E-state index in [0.29, 0.717) is 32.1 Å². The van der Waals surface area contributed by atoms with Crippen LogP contribution in [0.2, 0.25) is 10.0 Å². The summed E-state index contributed by atoms with van der Waals surface area (Å²) < 4.78 is 5.71. The second kappa shape index (κ2) is 5.78. The molecule has 2 N–H and O–H groups in total. The molecule has 2 aromatic rings. The van der Waals surface area contributed by atoms with Gasteiger partial charge in [-0.2, -0.15) is 0 Å². The van der Waals surface area contributed by atoms with Crippen LogP contribution in [-0.2, 0) is 0 Å². The van der Waals surface area contributed by atoms with E-state index in [4.69, 9.17) is 45.9 Å². The fraction of sp³-hybridized carbons (Fsp3) is 0.0714. The highest BCUT2D eigenvalue weighted by atomic mass is 35.5. The van der Waals surface area contributed by atoms with E-state index in [1.54, 1.807) is 24.3 Å². The lowest BCUT2D eigenvalue weighted by atomic mass is 10.2. The van der Waals surface area contributed by atoms with Crippen LogP contribution < -0.4 is 10.5 Å². The molecule has 0 amide bonds. The number of halogens is 2. The molecule has 0 aliphatic carbocycles. The van der Waals surface area contributed by atoms with Gasteiger partial charge in [0.05, 0.1) is 10.0 Å². The van der Waals surface area contributed by atoms with Gasteiger partial charge in [0.2, 0.25) is 0 Å². The molecule has 0 radical (unpaired) electrons. The van der Waals surface area contributed by atoms with E-state index in [0.717, 1.165) is 5.56 Å². The first kappa shape index (κ1) is 14.1. The lowest BCUT2D eigenvalue weighted by Crippen LogP contribution is -2.08. The first-order chi connectivity index (χ1) is 8.97. The number of nitrogens with two attached hydrogens (primary N) is 1. The molecular formula is C14H11Cl2NOS. The monoisotopic (exact) mass is 311 g/mol. The highest BCUT2D eigenvalue weighted by molar-refractivity contribution is 7.80. The van der Waals surface area contributed by atoms with Crippen molar-refractivity contribution in [3.63, 3.8) is 0 Å². The van der Waals surface area contributed by atoms with Gasteiger partial charge in [-0.1, -0.05) is 41.5 Å². The van der Waals surface area contributed by atoms with Crippen molar-refractivity contribution in [2.45, 2.75) is 6.92 Å². The van der Waals surface area contributed by atoms with Crippen LogP contribution in [0.5, 0.6) is 11.5 Å². The third-order valence-electron chi connectivity index (χ3n) is 2.52. The Morgan fingerprint density at radius 1 is 1.05 bits per heavy atom. The molecule has 0 spiro atoms. The van der Waals surface area contributed by atoms with E-state index >= 15 is 0 Å². The Morgan fingerprint density at radius 3 is 2.42 bits per heavy atom. The van der Waals surface area contributed by atoms with Gasteiger partial charge in [0.15, 0.2) is 0 Å². The van der Waals surface area contributed by atoms with Crippen LogP contribution in [0.4, 0.5) is 0 Å². The van der Waals surface area contributed by atoms with Crippen molar-refractivity contribution in [1.82, 2.24) is 0 Å². The van der Waals surface area contributed by atoms with Crippen LogP contribution in [0.25, 0.3) is 0 Å². The second-order valence-electron chi connectivity index (χ2n) is 4.05. The molecule has 19 heavy (non-hydrogen) atoms. The van der Waals surface area contributed by atoms with Gasteiger partial charge in [-0.15, -0.1) is 0 Å². The third kappa shape index (κ3) is 3.38. The summed E-state index contributed by atoms with van der Waals surface area (Å²) in [7, 11) is 0. The van der Waals surface area contributed by atoms with E-state index in [2.05, 4.69) is 0 Å². The Kier molecular flexibility index (Phi) is 4.30. The average molecular weight is 312 g/mol. The summed E-state index contributed by atoms with van der Waals surface area (Å²) in [6.45, 7) is 1.96. The number of hydrogen-bond acceptors (Lipinski definition) is 2. The minimum absolute atomic E-state index is 0.294. The number of aryl methyl sites for hydroxylation is 1. The summed E-state index contributed by atoms with van der Waals surface area (Å²) in [5.41, 5.74) is 7.29. The summed E-state index contributed by atoms with van der Waals surface area (Å²) in [6, 6.07) is 10.7. The van der Waals surface area contributed by atoms with E-state index in [1.807, 2.05) is 19.1 Å². The van der Waals surface area contributed by atoms with Crippen LogP contribution in [0.15, 0.2) is 36.4 Å². The van der Waals surface area contributed by atoms with Crippen molar-refractivity contribution < 1.29 is 4.74 Å². The molecule has 0 saturated heterocycles. The molecule has 2 rings (SSSR count). The number of benzene rings is 2. The van der Waals surface area contributed by atoms with Gasteiger partial charge in [0.25, 0.3) is 0 Å². The SMILES string of the molecule is Cc1ccc(Cl)c(Oc2ccc(C(N)=S)cc2Cl)c1. The van der Waals surface area contributed by atoms with Gasteiger partial charge in [0, 0.05) is 5.56 Å². The maximum absolute atomic E-state index is 6.13. The molecular weight excluding hydrogens is 301 g/mol. The molecule has 5 heteroatoms. The summed E-state index contributed by atoms with van der Waals surface area (Å²) in [5, 5.41) is 0.961. The molecule has 0 heterocycles. The van der Waals surface area contributed by atoms with Gasteiger partial charge < -0.3 is 10.5 Å². The predicted octanol–water partition coefficient (Wildman–Crippen LogP) is 4.73. The Labute approximate surface area is 127 Å². The van der Waals surface area contributed by atoms with Crippen molar-refractivity contribution in [2.75, 3.05) is 0 Å². The highest BCUT2D eigenvalue weighted by Crippen LogP contribution is 2.34. The summed E-state index contributed by atoms with van der Waals surface area (Å²) >= 11 is 17.1. The minimum atomic E-state index is 0.294. The lowest BCUT2D eigenvalue weighted by molar-refractivity contribution is 0.483. The topological polar surface area (TPSA) is 35.2 Å². The largest absolute Gasteiger partial charge is 0.454 e. The van der Waals surface area contributed by atoms with E-state index in [-0.39, 0.29) is 0 Å². The molecule has 0 fully saturated rings. The lowest BCUT2D eigenvalue weighted by Gasteiger charge is -2.10. The van der Waals surface area contributed by atoms with Gasteiger partial charge in [-0.25, -0.2) is 0 Å². The zero-order valence-corrected chi connectivity index (χ0v) is 12.4. The van der Waals surface area contributed by atoms with Crippen LogP contribution >= 0.6 is 35.4 Å². The zero-order valence-electron chi connectivity index (χ0n) is 10.1.